The number of fused-ring (bicyclic) bond motifs is 1. The van der Waals surface area contributed by atoms with E-state index in [0.29, 0.717) is 39.3 Å². The first-order chi connectivity index (χ1) is 20.6. The quantitative estimate of drug-likeness (QED) is 0.409. The van der Waals surface area contributed by atoms with Gasteiger partial charge in [0.1, 0.15) is 5.75 Å². The number of nitrogens with zero attached hydrogens (tertiary/aromatic N) is 2. The molecule has 0 bridgehead atoms. The van der Waals surface area contributed by atoms with Crippen LogP contribution in [-0.4, -0.2) is 49.5 Å². The highest BCUT2D eigenvalue weighted by atomic mass is 16.5. The third-order valence-electron chi connectivity index (χ3n) is 8.02. The minimum Gasteiger partial charge on any atom is -0.493 e. The number of anilines is 1. The van der Waals surface area contributed by atoms with Gasteiger partial charge in [-0.25, -0.2) is 0 Å². The molecule has 7 nitrogen and oxygen atoms in total. The molecule has 0 spiro atoms. The van der Waals surface area contributed by atoms with Crippen LogP contribution in [0.15, 0.2) is 72.8 Å². The molecule has 3 aromatic rings. The van der Waals surface area contributed by atoms with Crippen LogP contribution < -0.4 is 20.3 Å². The first-order valence-electron chi connectivity index (χ1n) is 15.5. The molecule has 2 aliphatic rings. The van der Waals surface area contributed by atoms with Crippen molar-refractivity contribution in [1.29, 1.82) is 0 Å². The van der Waals surface area contributed by atoms with Crippen molar-refractivity contribution in [1.82, 2.24) is 15.5 Å². The molecule has 222 valence electrons. The maximum Gasteiger partial charge on any atom is 0.234 e. The van der Waals surface area contributed by atoms with Crippen LogP contribution in [0.5, 0.6) is 5.75 Å². The molecule has 0 atom stereocenters. The van der Waals surface area contributed by atoms with Crippen LogP contribution >= 0.6 is 0 Å². The summed E-state index contributed by atoms with van der Waals surface area (Å²) in [6.07, 6.45) is 6.96. The van der Waals surface area contributed by atoms with E-state index in [4.69, 9.17) is 4.74 Å². The molecule has 0 unspecified atom stereocenters. The lowest BCUT2D eigenvalue weighted by atomic mass is 10.1. The van der Waals surface area contributed by atoms with E-state index in [1.807, 2.05) is 30.3 Å². The average Bonchev–Trinajstić information content (AvgIpc) is 3.02. The Labute approximate surface area is 250 Å². The van der Waals surface area contributed by atoms with Crippen LogP contribution in [-0.2, 0) is 35.6 Å². The molecule has 2 amide bonds. The monoisotopic (exact) mass is 568 g/mol. The van der Waals surface area contributed by atoms with Gasteiger partial charge in [-0.3, -0.25) is 14.5 Å². The summed E-state index contributed by atoms with van der Waals surface area (Å²) in [5.74, 6) is 0.850. The standard InChI is InChI=1S/C35H44N4O3/c40-34(37-24-30-13-10-14-32(22-30)39-18-7-3-8-19-39)23-29-15-16-33-31(21-29)26-38(25-28-11-4-1-5-12-28)27-35(41)36-17-6-2-9-20-42-33/h1,4-5,10-16,21-22H,2-3,6-9,17-20,23-27H2,(H,36,41)(H,37,40). The van der Waals surface area contributed by atoms with Crippen molar-refractivity contribution in [3.63, 3.8) is 0 Å². The number of hydrogen-bond acceptors (Lipinski definition) is 5. The Morgan fingerprint density at radius 1 is 0.810 bits per heavy atom. The number of hydrogen-bond donors (Lipinski definition) is 2. The van der Waals surface area contributed by atoms with Crippen molar-refractivity contribution in [2.24, 2.45) is 0 Å². The first-order valence-corrected chi connectivity index (χ1v) is 15.5. The molecule has 0 aliphatic carbocycles. The van der Waals surface area contributed by atoms with E-state index in [-0.39, 0.29) is 18.2 Å². The van der Waals surface area contributed by atoms with Crippen LogP contribution in [0.4, 0.5) is 5.69 Å². The van der Waals surface area contributed by atoms with Gasteiger partial charge >= 0.3 is 0 Å². The summed E-state index contributed by atoms with van der Waals surface area (Å²) >= 11 is 0. The fourth-order valence-electron chi connectivity index (χ4n) is 5.79. The van der Waals surface area contributed by atoms with Gasteiger partial charge in [-0.15, -0.1) is 0 Å². The fraction of sp³-hybridized carbons (Fsp3) is 0.429. The highest BCUT2D eigenvalue weighted by Crippen LogP contribution is 2.25. The molecule has 5 rings (SSSR count). The van der Waals surface area contributed by atoms with Gasteiger partial charge < -0.3 is 20.3 Å². The molecule has 0 aromatic heterocycles. The minimum atomic E-state index is -0.00981. The summed E-state index contributed by atoms with van der Waals surface area (Å²) in [7, 11) is 0. The first kappa shape index (κ1) is 29.6. The predicted octanol–water partition coefficient (Wildman–Crippen LogP) is 5.22. The molecule has 1 saturated heterocycles. The third-order valence-corrected chi connectivity index (χ3v) is 8.02. The number of benzene rings is 3. The molecule has 42 heavy (non-hydrogen) atoms. The highest BCUT2D eigenvalue weighted by molar-refractivity contribution is 5.79. The molecule has 3 aromatic carbocycles. The Hall–Kier alpha value is -3.84. The third kappa shape index (κ3) is 9.08. The highest BCUT2D eigenvalue weighted by Gasteiger charge is 2.17. The second kappa shape index (κ2) is 15.4. The van der Waals surface area contributed by atoms with Gasteiger partial charge in [0.05, 0.1) is 19.6 Å². The lowest BCUT2D eigenvalue weighted by Crippen LogP contribution is -2.37. The van der Waals surface area contributed by atoms with Crippen molar-refractivity contribution in [3.05, 3.63) is 95.1 Å². The summed E-state index contributed by atoms with van der Waals surface area (Å²) in [6, 6.07) is 24.8. The normalized spacial score (nSPS) is 17.0. The summed E-state index contributed by atoms with van der Waals surface area (Å²) in [5.41, 5.74) is 5.44. The van der Waals surface area contributed by atoms with Crippen LogP contribution in [0.3, 0.4) is 0 Å². The largest absolute Gasteiger partial charge is 0.493 e. The van der Waals surface area contributed by atoms with Crippen LogP contribution in [0.1, 0.15) is 60.8 Å². The number of amides is 2. The lowest BCUT2D eigenvalue weighted by Gasteiger charge is -2.29. The zero-order valence-corrected chi connectivity index (χ0v) is 24.7. The van der Waals surface area contributed by atoms with E-state index in [1.54, 1.807) is 0 Å². The second-order valence-corrected chi connectivity index (χ2v) is 11.5. The van der Waals surface area contributed by atoms with Crippen molar-refractivity contribution < 1.29 is 14.3 Å². The molecule has 2 aliphatic heterocycles. The smallest absolute Gasteiger partial charge is 0.234 e. The molecule has 7 heteroatoms. The Morgan fingerprint density at radius 3 is 2.48 bits per heavy atom. The Kier molecular flexibility index (Phi) is 10.9. The van der Waals surface area contributed by atoms with Crippen LogP contribution in [0.25, 0.3) is 0 Å². The number of piperidine rings is 1. The van der Waals surface area contributed by atoms with Gasteiger partial charge in [-0.1, -0.05) is 54.6 Å². The van der Waals surface area contributed by atoms with Crippen molar-refractivity contribution in [2.75, 3.05) is 37.7 Å². The zero-order valence-electron chi connectivity index (χ0n) is 24.7. The average molecular weight is 569 g/mol. The number of carbonyl (C=O) groups is 2. The van der Waals surface area contributed by atoms with E-state index in [9.17, 15) is 9.59 Å². The van der Waals surface area contributed by atoms with Crippen molar-refractivity contribution in [3.8, 4) is 5.75 Å². The summed E-state index contributed by atoms with van der Waals surface area (Å²) < 4.78 is 6.22. The summed E-state index contributed by atoms with van der Waals surface area (Å²) in [4.78, 5) is 30.4. The molecule has 0 saturated carbocycles. The topological polar surface area (TPSA) is 73.9 Å². The number of ether oxygens (including phenoxy) is 1. The Bertz CT molecular complexity index is 1310. The fourth-order valence-corrected chi connectivity index (χ4v) is 5.79. The van der Waals surface area contributed by atoms with Gasteiger partial charge in [0, 0.05) is 50.5 Å². The minimum absolute atomic E-state index is 0.00981. The van der Waals surface area contributed by atoms with E-state index in [0.717, 1.165) is 60.4 Å². The molecular formula is C35H44N4O3. The van der Waals surface area contributed by atoms with Crippen molar-refractivity contribution >= 4 is 17.5 Å². The van der Waals surface area contributed by atoms with E-state index >= 15 is 0 Å². The predicted molar refractivity (Wildman–Crippen MR) is 167 cm³/mol. The SMILES string of the molecule is O=C(Cc1ccc2c(c1)CN(Cc1ccccc1)CC(=O)NCCCCCO2)NCc1cccc(N2CCCCC2)c1. The van der Waals surface area contributed by atoms with E-state index in [2.05, 4.69) is 62.9 Å². The summed E-state index contributed by atoms with van der Waals surface area (Å²) in [5, 5.41) is 6.19. The molecular weight excluding hydrogens is 524 g/mol. The lowest BCUT2D eigenvalue weighted by molar-refractivity contribution is -0.122. The Morgan fingerprint density at radius 2 is 1.62 bits per heavy atom. The summed E-state index contributed by atoms with van der Waals surface area (Å²) in [6.45, 7) is 5.54. The maximum absolute atomic E-state index is 13.0. The van der Waals surface area contributed by atoms with Gasteiger partial charge in [0.15, 0.2) is 0 Å². The van der Waals surface area contributed by atoms with Crippen molar-refractivity contribution in [2.45, 2.75) is 64.6 Å². The number of rotatable bonds is 7. The second-order valence-electron chi connectivity index (χ2n) is 11.5. The maximum atomic E-state index is 13.0. The molecule has 2 heterocycles. The van der Waals surface area contributed by atoms with Gasteiger partial charge in [0.2, 0.25) is 11.8 Å². The van der Waals surface area contributed by atoms with Gasteiger partial charge in [-0.2, -0.15) is 0 Å². The number of carbonyl (C=O) groups excluding carboxylic acids is 2. The molecule has 0 radical (unpaired) electrons. The molecule has 2 N–H and O–H groups in total. The van der Waals surface area contributed by atoms with Crippen LogP contribution in [0.2, 0.25) is 0 Å². The number of nitrogens with one attached hydrogen (secondary N) is 2. The Balaban J connectivity index is 1.26. The molecule has 1 fully saturated rings. The van der Waals surface area contributed by atoms with E-state index in [1.165, 1.54) is 24.9 Å². The van der Waals surface area contributed by atoms with Crippen LogP contribution in [0, 0.1) is 0 Å². The van der Waals surface area contributed by atoms with Gasteiger partial charge in [-0.05, 0) is 73.4 Å². The van der Waals surface area contributed by atoms with E-state index < -0.39 is 0 Å². The van der Waals surface area contributed by atoms with Gasteiger partial charge in [0.25, 0.3) is 0 Å². The zero-order chi connectivity index (χ0) is 29.0.